The Hall–Kier alpha value is -3.35. The molecule has 0 spiro atoms. The van der Waals surface area contributed by atoms with Gasteiger partial charge in [-0.2, -0.15) is 0 Å². The highest BCUT2D eigenvalue weighted by Gasteiger charge is 2.44. The SMILES string of the molecule is CC(=O)Oc1ccc2c(c1)C(=O)c1cc(OC3OC(C)C(O)C(O)C3O)c(C3CCNCC3)c(O)c1C2=O. The monoisotopic (exact) mass is 527 g/mol. The molecule has 2 aromatic rings. The van der Waals surface area contributed by atoms with Gasteiger partial charge in [0.05, 0.1) is 11.7 Å². The predicted molar refractivity (Wildman–Crippen MR) is 131 cm³/mol. The number of rotatable bonds is 4. The number of carbonyl (C=O) groups is 3. The van der Waals surface area contributed by atoms with Crippen molar-refractivity contribution in [2.45, 2.75) is 63.3 Å². The molecule has 5 atom stereocenters. The van der Waals surface area contributed by atoms with Crippen LogP contribution in [0, 0.1) is 0 Å². The summed E-state index contributed by atoms with van der Waals surface area (Å²) in [4.78, 5) is 38.5. The van der Waals surface area contributed by atoms with Gasteiger partial charge in [-0.1, -0.05) is 0 Å². The van der Waals surface area contributed by atoms with Gasteiger partial charge >= 0.3 is 5.97 Å². The second kappa shape index (κ2) is 10.1. The molecule has 0 amide bonds. The molecular formula is C27H29NO10. The quantitative estimate of drug-likeness (QED) is 0.240. The first kappa shape index (κ1) is 26.3. The molecule has 0 aromatic heterocycles. The Balaban J connectivity index is 1.62. The molecule has 202 valence electrons. The summed E-state index contributed by atoms with van der Waals surface area (Å²) in [6.45, 7) is 4.03. The van der Waals surface area contributed by atoms with E-state index in [4.69, 9.17) is 14.2 Å². The number of phenolic OH excluding ortho intramolecular Hbond substituents is 1. The maximum Gasteiger partial charge on any atom is 0.308 e. The molecule has 2 heterocycles. The largest absolute Gasteiger partial charge is 0.507 e. The lowest BCUT2D eigenvalue weighted by molar-refractivity contribution is -0.268. The number of benzene rings is 2. The molecule has 0 bridgehead atoms. The molecule has 3 aliphatic rings. The number of ketones is 2. The smallest absolute Gasteiger partial charge is 0.308 e. The molecule has 5 unspecified atom stereocenters. The van der Waals surface area contributed by atoms with E-state index in [2.05, 4.69) is 5.32 Å². The van der Waals surface area contributed by atoms with E-state index in [1.54, 1.807) is 0 Å². The number of nitrogens with one attached hydrogen (secondary N) is 1. The molecule has 2 saturated heterocycles. The average molecular weight is 528 g/mol. The van der Waals surface area contributed by atoms with Gasteiger partial charge in [-0.25, -0.2) is 0 Å². The van der Waals surface area contributed by atoms with E-state index in [0.717, 1.165) is 0 Å². The number of hydrogen-bond donors (Lipinski definition) is 5. The number of ether oxygens (including phenoxy) is 3. The van der Waals surface area contributed by atoms with Gasteiger partial charge < -0.3 is 40.0 Å². The summed E-state index contributed by atoms with van der Waals surface area (Å²) >= 11 is 0. The van der Waals surface area contributed by atoms with E-state index in [0.29, 0.717) is 31.5 Å². The Kier molecular flexibility index (Phi) is 6.97. The number of phenols is 1. The highest BCUT2D eigenvalue weighted by Crippen LogP contribution is 2.46. The molecule has 1 aliphatic carbocycles. The summed E-state index contributed by atoms with van der Waals surface area (Å²) < 4.78 is 16.6. The van der Waals surface area contributed by atoms with Crippen LogP contribution < -0.4 is 14.8 Å². The van der Waals surface area contributed by atoms with E-state index >= 15 is 0 Å². The number of carbonyl (C=O) groups excluding carboxylic acids is 3. The van der Waals surface area contributed by atoms with Crippen molar-refractivity contribution in [1.82, 2.24) is 5.32 Å². The maximum atomic E-state index is 13.6. The van der Waals surface area contributed by atoms with Crippen LogP contribution in [0.2, 0.25) is 0 Å². The molecule has 2 fully saturated rings. The molecule has 5 rings (SSSR count). The van der Waals surface area contributed by atoms with Crippen molar-refractivity contribution >= 4 is 17.5 Å². The fourth-order valence-electron chi connectivity index (χ4n) is 5.33. The van der Waals surface area contributed by atoms with E-state index in [1.165, 1.54) is 38.1 Å². The van der Waals surface area contributed by atoms with Crippen molar-refractivity contribution in [3.63, 3.8) is 0 Å². The second-order valence-corrected chi connectivity index (χ2v) is 9.84. The van der Waals surface area contributed by atoms with E-state index in [9.17, 15) is 34.8 Å². The minimum Gasteiger partial charge on any atom is -0.507 e. The number of aliphatic hydroxyl groups is 3. The molecule has 5 N–H and O–H groups in total. The zero-order chi connectivity index (χ0) is 27.3. The first-order chi connectivity index (χ1) is 18.1. The lowest BCUT2D eigenvalue weighted by Crippen LogP contribution is -2.58. The third-order valence-electron chi connectivity index (χ3n) is 7.31. The van der Waals surface area contributed by atoms with Gasteiger partial charge in [-0.15, -0.1) is 0 Å². The summed E-state index contributed by atoms with van der Waals surface area (Å²) in [5.74, 6) is -2.26. The van der Waals surface area contributed by atoms with Crippen LogP contribution in [0.5, 0.6) is 17.2 Å². The highest BCUT2D eigenvalue weighted by atomic mass is 16.7. The van der Waals surface area contributed by atoms with Crippen molar-refractivity contribution < 1.29 is 49.0 Å². The third-order valence-corrected chi connectivity index (χ3v) is 7.31. The Morgan fingerprint density at radius 2 is 1.68 bits per heavy atom. The van der Waals surface area contributed by atoms with Crippen LogP contribution in [-0.4, -0.2) is 81.8 Å². The molecule has 2 aliphatic heterocycles. The lowest BCUT2D eigenvalue weighted by Gasteiger charge is -2.39. The highest BCUT2D eigenvalue weighted by molar-refractivity contribution is 6.29. The Bertz CT molecular complexity index is 1300. The molecule has 2 aromatic carbocycles. The van der Waals surface area contributed by atoms with Crippen LogP contribution in [0.1, 0.15) is 70.0 Å². The minimum absolute atomic E-state index is 0.00216. The summed E-state index contributed by atoms with van der Waals surface area (Å²) in [5.41, 5.74) is 0.0949. The number of aliphatic hydroxyl groups excluding tert-OH is 3. The number of piperidine rings is 1. The van der Waals surface area contributed by atoms with Gasteiger partial charge in [0.1, 0.15) is 35.6 Å². The first-order valence-corrected chi connectivity index (χ1v) is 12.5. The summed E-state index contributed by atoms with van der Waals surface area (Å²) in [7, 11) is 0. The topological polar surface area (TPSA) is 172 Å². The number of fused-ring (bicyclic) bond motifs is 2. The van der Waals surface area contributed by atoms with Crippen molar-refractivity contribution in [3.8, 4) is 17.2 Å². The second-order valence-electron chi connectivity index (χ2n) is 9.84. The van der Waals surface area contributed by atoms with Gasteiger partial charge in [0.2, 0.25) is 6.29 Å². The summed E-state index contributed by atoms with van der Waals surface area (Å²) in [6.07, 6.45) is -5.58. The summed E-state index contributed by atoms with van der Waals surface area (Å²) in [5, 5.41) is 45.5. The normalized spacial score (nSPS) is 27.4. The van der Waals surface area contributed by atoms with Crippen molar-refractivity contribution in [1.29, 1.82) is 0 Å². The number of esters is 1. The van der Waals surface area contributed by atoms with Crippen LogP contribution in [0.15, 0.2) is 24.3 Å². The molecular weight excluding hydrogens is 498 g/mol. The molecule has 0 radical (unpaired) electrons. The van der Waals surface area contributed by atoms with Gasteiger partial charge in [0.25, 0.3) is 0 Å². The molecule has 38 heavy (non-hydrogen) atoms. The van der Waals surface area contributed by atoms with Crippen LogP contribution in [0.4, 0.5) is 0 Å². The number of hydrogen-bond acceptors (Lipinski definition) is 11. The Labute approximate surface area is 217 Å². The lowest BCUT2D eigenvalue weighted by atomic mass is 9.79. The van der Waals surface area contributed by atoms with Crippen molar-refractivity contribution in [2.24, 2.45) is 0 Å². The van der Waals surface area contributed by atoms with Crippen molar-refractivity contribution in [2.75, 3.05) is 13.1 Å². The van der Waals surface area contributed by atoms with Crippen LogP contribution in [0.25, 0.3) is 0 Å². The zero-order valence-electron chi connectivity index (χ0n) is 20.8. The van der Waals surface area contributed by atoms with Gasteiger partial charge in [0, 0.05) is 29.2 Å². The molecule has 11 heteroatoms. The van der Waals surface area contributed by atoms with Gasteiger partial charge in [-0.3, -0.25) is 14.4 Å². The maximum absolute atomic E-state index is 13.6. The zero-order valence-corrected chi connectivity index (χ0v) is 20.8. The fourth-order valence-corrected chi connectivity index (χ4v) is 5.33. The van der Waals surface area contributed by atoms with Gasteiger partial charge in [0.15, 0.2) is 11.6 Å². The van der Waals surface area contributed by atoms with E-state index < -0.39 is 54.0 Å². The molecule has 11 nitrogen and oxygen atoms in total. The van der Waals surface area contributed by atoms with Crippen LogP contribution in [0.3, 0.4) is 0 Å². The number of aromatic hydroxyl groups is 1. The Morgan fingerprint density at radius 3 is 2.37 bits per heavy atom. The van der Waals surface area contributed by atoms with Crippen LogP contribution in [-0.2, 0) is 9.53 Å². The summed E-state index contributed by atoms with van der Waals surface area (Å²) in [6, 6.07) is 5.42. The standard InChI is InChI=1S/C27H29NO10/c1-11-21(30)25(34)26(35)27(36-11)38-18-10-17-20(24(33)19(18)13-5-7-28-8-6-13)23(32)15-4-3-14(37-12(2)29)9-16(15)22(17)31/h3-4,9-11,13,21,25-28,30,33-35H,5-8H2,1-2H3. The average Bonchev–Trinajstić information content (AvgIpc) is 2.89. The van der Waals surface area contributed by atoms with E-state index in [1.807, 2.05) is 0 Å². The first-order valence-electron chi connectivity index (χ1n) is 12.5. The van der Waals surface area contributed by atoms with Gasteiger partial charge in [-0.05, 0) is 63.0 Å². The Morgan fingerprint density at radius 1 is 0.974 bits per heavy atom. The fraction of sp³-hybridized carbons (Fsp3) is 0.444. The van der Waals surface area contributed by atoms with E-state index in [-0.39, 0.29) is 39.7 Å². The van der Waals surface area contributed by atoms with Crippen molar-refractivity contribution in [3.05, 3.63) is 52.1 Å². The minimum atomic E-state index is -1.62. The molecule has 0 saturated carbocycles. The third kappa shape index (κ3) is 4.46. The predicted octanol–water partition coefficient (Wildman–Crippen LogP) is 0.766. The van der Waals surface area contributed by atoms with Crippen LogP contribution >= 0.6 is 0 Å².